The number of hydrogen-bond acceptors (Lipinski definition) is 3. The van der Waals surface area contributed by atoms with Crippen LogP contribution < -0.4 is 5.32 Å². The van der Waals surface area contributed by atoms with E-state index in [2.05, 4.69) is 17.2 Å². The van der Waals surface area contributed by atoms with E-state index in [0.717, 1.165) is 5.56 Å². The first kappa shape index (κ1) is 14.3. The molecule has 3 nitrogen and oxygen atoms in total. The first-order valence-electron chi connectivity index (χ1n) is 5.86. The minimum atomic E-state index is -0.473. The van der Waals surface area contributed by atoms with Crippen LogP contribution in [0.4, 0.5) is 10.1 Å². The lowest BCUT2D eigenvalue weighted by atomic mass is 10.2. The Balaban J connectivity index is 2.15. The van der Waals surface area contributed by atoms with E-state index in [4.69, 9.17) is 5.11 Å². The largest absolute Gasteiger partial charge is 0.384 e. The Labute approximate surface area is 120 Å². The molecule has 20 heavy (non-hydrogen) atoms. The normalized spacial score (nSPS) is 9.75. The van der Waals surface area contributed by atoms with Gasteiger partial charge in [0.1, 0.15) is 12.4 Å². The molecule has 0 bridgehead atoms. The predicted octanol–water partition coefficient (Wildman–Crippen LogP) is 2.79. The molecule has 102 valence electrons. The molecule has 0 unspecified atom stereocenters. The standard InChI is InChI=1S/C15H12FNO2S/c1-10-4-5-13(16)14(7-10)17-15(19)11-8-12(20-9-11)3-2-6-18/h4-5,7-9,18H,6H2,1H3,(H,17,19). The summed E-state index contributed by atoms with van der Waals surface area (Å²) in [6, 6.07) is 6.14. The number of anilines is 1. The Morgan fingerprint density at radius 2 is 2.25 bits per heavy atom. The molecule has 1 heterocycles. The Hall–Kier alpha value is -2.16. The van der Waals surface area contributed by atoms with E-state index in [1.54, 1.807) is 23.6 Å². The van der Waals surface area contributed by atoms with Crippen LogP contribution in [0, 0.1) is 24.6 Å². The van der Waals surface area contributed by atoms with Crippen molar-refractivity contribution in [2.75, 3.05) is 11.9 Å². The first-order chi connectivity index (χ1) is 9.60. The zero-order valence-corrected chi connectivity index (χ0v) is 11.6. The van der Waals surface area contributed by atoms with Gasteiger partial charge in [-0.05, 0) is 30.7 Å². The highest BCUT2D eigenvalue weighted by Gasteiger charge is 2.11. The molecule has 0 aliphatic rings. The SMILES string of the molecule is Cc1ccc(F)c(NC(=O)c2csc(C#CCO)c2)c1. The summed E-state index contributed by atoms with van der Waals surface area (Å²) in [7, 11) is 0. The second-order valence-corrected chi connectivity index (χ2v) is 5.01. The molecule has 0 spiro atoms. The summed E-state index contributed by atoms with van der Waals surface area (Å²) in [6.07, 6.45) is 0. The maximum Gasteiger partial charge on any atom is 0.256 e. The van der Waals surface area contributed by atoms with Crippen molar-refractivity contribution in [3.8, 4) is 11.8 Å². The average Bonchev–Trinajstić information content (AvgIpc) is 2.89. The van der Waals surface area contributed by atoms with Gasteiger partial charge in [-0.25, -0.2) is 4.39 Å². The van der Waals surface area contributed by atoms with Gasteiger partial charge in [-0.2, -0.15) is 0 Å². The monoisotopic (exact) mass is 289 g/mol. The van der Waals surface area contributed by atoms with Gasteiger partial charge in [-0.15, -0.1) is 11.3 Å². The molecule has 0 saturated heterocycles. The molecular weight excluding hydrogens is 277 g/mol. The second kappa shape index (κ2) is 6.33. The summed E-state index contributed by atoms with van der Waals surface area (Å²) in [5, 5.41) is 12.8. The van der Waals surface area contributed by atoms with E-state index in [1.165, 1.54) is 17.4 Å². The van der Waals surface area contributed by atoms with Gasteiger partial charge in [0.15, 0.2) is 0 Å². The maximum absolute atomic E-state index is 13.6. The van der Waals surface area contributed by atoms with Crippen molar-refractivity contribution < 1.29 is 14.3 Å². The van der Waals surface area contributed by atoms with Crippen molar-refractivity contribution in [2.24, 2.45) is 0 Å². The number of amides is 1. The number of hydrogen-bond donors (Lipinski definition) is 2. The van der Waals surface area contributed by atoms with E-state index >= 15 is 0 Å². The lowest BCUT2D eigenvalue weighted by molar-refractivity contribution is 0.102. The number of carbonyl (C=O) groups excluding carboxylic acids is 1. The summed E-state index contributed by atoms with van der Waals surface area (Å²) in [5.41, 5.74) is 1.43. The fourth-order valence-electron chi connectivity index (χ4n) is 1.58. The molecule has 1 aromatic heterocycles. The van der Waals surface area contributed by atoms with Crippen LogP contribution >= 0.6 is 11.3 Å². The van der Waals surface area contributed by atoms with Crippen molar-refractivity contribution in [3.05, 3.63) is 51.5 Å². The Bertz CT molecular complexity index is 697. The number of benzene rings is 1. The van der Waals surface area contributed by atoms with Crippen LogP contribution in [0.1, 0.15) is 20.8 Å². The lowest BCUT2D eigenvalue weighted by Gasteiger charge is -2.06. The number of halogens is 1. The summed E-state index contributed by atoms with van der Waals surface area (Å²) in [6.45, 7) is 1.59. The number of rotatable bonds is 2. The summed E-state index contributed by atoms with van der Waals surface area (Å²) in [5.74, 6) is 4.37. The van der Waals surface area contributed by atoms with E-state index < -0.39 is 5.82 Å². The summed E-state index contributed by atoms with van der Waals surface area (Å²) >= 11 is 1.30. The van der Waals surface area contributed by atoms with Crippen molar-refractivity contribution in [1.82, 2.24) is 0 Å². The predicted molar refractivity (Wildman–Crippen MR) is 77.4 cm³/mol. The number of aliphatic hydroxyl groups is 1. The summed E-state index contributed by atoms with van der Waals surface area (Å²) in [4.78, 5) is 12.7. The molecular formula is C15H12FNO2S. The minimum absolute atomic E-state index is 0.157. The molecule has 2 aromatic rings. The molecule has 1 amide bonds. The quantitative estimate of drug-likeness (QED) is 0.835. The minimum Gasteiger partial charge on any atom is -0.384 e. The highest BCUT2D eigenvalue weighted by atomic mass is 32.1. The molecule has 2 rings (SSSR count). The number of thiophene rings is 1. The maximum atomic E-state index is 13.6. The third kappa shape index (κ3) is 3.44. The lowest BCUT2D eigenvalue weighted by Crippen LogP contribution is -2.12. The van der Waals surface area contributed by atoms with Gasteiger partial charge in [0.2, 0.25) is 0 Å². The van der Waals surface area contributed by atoms with Crippen LogP contribution in [0.3, 0.4) is 0 Å². The first-order valence-corrected chi connectivity index (χ1v) is 6.74. The van der Waals surface area contributed by atoms with Crippen molar-refractivity contribution >= 4 is 22.9 Å². The smallest absolute Gasteiger partial charge is 0.256 e. The average molecular weight is 289 g/mol. The fourth-order valence-corrected chi connectivity index (χ4v) is 2.33. The molecule has 2 N–H and O–H groups in total. The molecule has 0 fully saturated rings. The van der Waals surface area contributed by atoms with Crippen LogP contribution in [-0.2, 0) is 0 Å². The highest BCUT2D eigenvalue weighted by Crippen LogP contribution is 2.19. The van der Waals surface area contributed by atoms with E-state index in [1.807, 2.05) is 6.92 Å². The molecule has 0 aliphatic carbocycles. The van der Waals surface area contributed by atoms with Crippen molar-refractivity contribution in [2.45, 2.75) is 6.92 Å². The third-order valence-corrected chi connectivity index (χ3v) is 3.37. The molecule has 0 aliphatic heterocycles. The van der Waals surface area contributed by atoms with E-state index in [0.29, 0.717) is 10.4 Å². The van der Waals surface area contributed by atoms with Crippen LogP contribution in [0.5, 0.6) is 0 Å². The van der Waals surface area contributed by atoms with Crippen LogP contribution in [0.2, 0.25) is 0 Å². The number of aliphatic hydroxyl groups excluding tert-OH is 1. The van der Waals surface area contributed by atoms with Gasteiger partial charge >= 0.3 is 0 Å². The third-order valence-electron chi connectivity index (χ3n) is 2.52. The van der Waals surface area contributed by atoms with Gasteiger partial charge in [-0.3, -0.25) is 4.79 Å². The van der Waals surface area contributed by atoms with E-state index in [9.17, 15) is 9.18 Å². The van der Waals surface area contributed by atoms with Gasteiger partial charge in [0, 0.05) is 5.38 Å². The zero-order chi connectivity index (χ0) is 14.5. The zero-order valence-electron chi connectivity index (χ0n) is 10.7. The molecule has 0 saturated carbocycles. The van der Waals surface area contributed by atoms with E-state index in [-0.39, 0.29) is 18.2 Å². The van der Waals surface area contributed by atoms with Gasteiger partial charge in [0.05, 0.1) is 16.1 Å². The fraction of sp³-hybridized carbons (Fsp3) is 0.133. The molecule has 0 radical (unpaired) electrons. The van der Waals surface area contributed by atoms with Gasteiger partial charge in [0.25, 0.3) is 5.91 Å². The number of aryl methyl sites for hydroxylation is 1. The Kier molecular flexibility index (Phi) is 4.51. The Morgan fingerprint density at radius 3 is 3.00 bits per heavy atom. The van der Waals surface area contributed by atoms with Gasteiger partial charge in [-0.1, -0.05) is 17.9 Å². The van der Waals surface area contributed by atoms with Crippen LogP contribution in [0.25, 0.3) is 0 Å². The number of nitrogens with one attached hydrogen (secondary N) is 1. The van der Waals surface area contributed by atoms with Crippen LogP contribution in [0.15, 0.2) is 29.6 Å². The Morgan fingerprint density at radius 1 is 1.45 bits per heavy atom. The molecule has 1 aromatic carbocycles. The van der Waals surface area contributed by atoms with Gasteiger partial charge < -0.3 is 10.4 Å². The van der Waals surface area contributed by atoms with Crippen molar-refractivity contribution in [3.63, 3.8) is 0 Å². The second-order valence-electron chi connectivity index (χ2n) is 4.10. The number of carbonyl (C=O) groups is 1. The van der Waals surface area contributed by atoms with Crippen LogP contribution in [-0.4, -0.2) is 17.6 Å². The molecule has 5 heteroatoms. The highest BCUT2D eigenvalue weighted by molar-refractivity contribution is 7.10. The topological polar surface area (TPSA) is 49.3 Å². The summed E-state index contributed by atoms with van der Waals surface area (Å²) < 4.78 is 13.6. The molecule has 0 atom stereocenters. The van der Waals surface area contributed by atoms with Crippen molar-refractivity contribution in [1.29, 1.82) is 0 Å².